The predicted octanol–water partition coefficient (Wildman–Crippen LogP) is 2.15. The van der Waals surface area contributed by atoms with Gasteiger partial charge in [0.1, 0.15) is 17.6 Å². The first-order chi connectivity index (χ1) is 11.5. The van der Waals surface area contributed by atoms with Gasteiger partial charge in [-0.15, -0.1) is 0 Å². The third-order valence-electron chi connectivity index (χ3n) is 3.90. The summed E-state index contributed by atoms with van der Waals surface area (Å²) in [5.41, 5.74) is 0.585. The van der Waals surface area contributed by atoms with Gasteiger partial charge in [-0.3, -0.25) is 14.4 Å². The lowest BCUT2D eigenvalue weighted by Crippen LogP contribution is -2.42. The molecule has 0 aromatic heterocycles. The molecule has 0 saturated heterocycles. The van der Waals surface area contributed by atoms with Crippen molar-refractivity contribution in [2.75, 3.05) is 13.2 Å². The summed E-state index contributed by atoms with van der Waals surface area (Å²) in [7, 11) is 0. The normalized spacial score (nSPS) is 23.3. The van der Waals surface area contributed by atoms with Crippen molar-refractivity contribution in [2.24, 2.45) is 11.8 Å². The molecule has 1 aromatic carbocycles. The van der Waals surface area contributed by atoms with Gasteiger partial charge in [-0.25, -0.2) is 0 Å². The lowest BCUT2D eigenvalue weighted by atomic mass is 9.70. The van der Waals surface area contributed by atoms with Gasteiger partial charge in [-0.2, -0.15) is 0 Å². The molecule has 0 fully saturated rings. The van der Waals surface area contributed by atoms with Crippen LogP contribution in [-0.4, -0.2) is 36.0 Å². The summed E-state index contributed by atoms with van der Waals surface area (Å²) < 4.78 is 10.0. The summed E-state index contributed by atoms with van der Waals surface area (Å²) in [6.45, 7) is 3.53. The Kier molecular flexibility index (Phi) is 5.73. The summed E-state index contributed by atoms with van der Waals surface area (Å²) in [6, 6.07) is 8.66. The van der Waals surface area contributed by atoms with Gasteiger partial charge in [0, 0.05) is 12.0 Å². The van der Waals surface area contributed by atoms with E-state index >= 15 is 0 Å². The fourth-order valence-corrected chi connectivity index (χ4v) is 2.93. The van der Waals surface area contributed by atoms with Gasteiger partial charge in [0.05, 0.1) is 13.2 Å². The van der Waals surface area contributed by atoms with E-state index in [4.69, 9.17) is 9.47 Å². The van der Waals surface area contributed by atoms with E-state index in [9.17, 15) is 19.5 Å². The number of benzene rings is 1. The van der Waals surface area contributed by atoms with Crippen LogP contribution in [0.3, 0.4) is 0 Å². The number of aliphatic hydroxyl groups excluding tert-OH is 1. The fourth-order valence-electron chi connectivity index (χ4n) is 2.93. The van der Waals surface area contributed by atoms with E-state index in [1.54, 1.807) is 44.2 Å². The second kappa shape index (κ2) is 7.77. The summed E-state index contributed by atoms with van der Waals surface area (Å²) in [5.74, 6) is -5.57. The Labute approximate surface area is 140 Å². The molecule has 24 heavy (non-hydrogen) atoms. The molecule has 0 bridgehead atoms. The standard InChI is InChI=1S/C18H20O6/c1-3-23-17(21)15-12(19)10-13(20)16(18(22)24-4-2)14(15)11-8-6-5-7-9-11/h5-10,14-16,19H,3-4H2,1-2H3. The number of ether oxygens (including phenoxy) is 2. The fraction of sp³-hybridized carbons (Fsp3) is 0.389. The Morgan fingerprint density at radius 3 is 2.08 bits per heavy atom. The molecule has 128 valence electrons. The quantitative estimate of drug-likeness (QED) is 0.656. The molecule has 0 spiro atoms. The molecular formula is C18H20O6. The Bertz CT molecular complexity index is 649. The molecule has 6 nitrogen and oxygen atoms in total. The number of ketones is 1. The van der Waals surface area contributed by atoms with Crippen LogP contribution in [0.1, 0.15) is 25.3 Å². The summed E-state index contributed by atoms with van der Waals surface area (Å²) >= 11 is 0. The van der Waals surface area contributed by atoms with Crippen LogP contribution in [0.25, 0.3) is 0 Å². The molecular weight excluding hydrogens is 312 g/mol. The van der Waals surface area contributed by atoms with Gasteiger partial charge in [0.25, 0.3) is 0 Å². The molecule has 6 heteroatoms. The zero-order valence-corrected chi connectivity index (χ0v) is 13.6. The van der Waals surface area contributed by atoms with E-state index in [-0.39, 0.29) is 13.2 Å². The minimum absolute atomic E-state index is 0.115. The van der Waals surface area contributed by atoms with Gasteiger partial charge in [-0.05, 0) is 19.4 Å². The predicted molar refractivity (Wildman–Crippen MR) is 85.1 cm³/mol. The van der Waals surface area contributed by atoms with Crippen LogP contribution in [-0.2, 0) is 23.9 Å². The molecule has 2 rings (SSSR count). The first-order valence-electron chi connectivity index (χ1n) is 7.83. The van der Waals surface area contributed by atoms with Crippen molar-refractivity contribution in [1.82, 2.24) is 0 Å². The molecule has 0 aliphatic heterocycles. The van der Waals surface area contributed by atoms with Crippen molar-refractivity contribution in [2.45, 2.75) is 19.8 Å². The van der Waals surface area contributed by atoms with Gasteiger partial charge in [-0.1, -0.05) is 30.3 Å². The maximum Gasteiger partial charge on any atom is 0.317 e. The van der Waals surface area contributed by atoms with E-state index in [0.717, 1.165) is 6.08 Å². The minimum Gasteiger partial charge on any atom is -0.511 e. The van der Waals surface area contributed by atoms with E-state index in [1.165, 1.54) is 0 Å². The number of hydrogen-bond acceptors (Lipinski definition) is 6. The number of aliphatic hydroxyl groups is 1. The molecule has 3 unspecified atom stereocenters. The first-order valence-corrected chi connectivity index (χ1v) is 7.83. The van der Waals surface area contributed by atoms with Crippen molar-refractivity contribution in [3.63, 3.8) is 0 Å². The van der Waals surface area contributed by atoms with E-state index in [2.05, 4.69) is 0 Å². The molecule has 1 aliphatic carbocycles. The number of carbonyl (C=O) groups excluding carboxylic acids is 3. The molecule has 0 saturated carbocycles. The highest BCUT2D eigenvalue weighted by atomic mass is 16.5. The van der Waals surface area contributed by atoms with E-state index in [0.29, 0.717) is 5.56 Å². The molecule has 3 atom stereocenters. The SMILES string of the molecule is CCOC(=O)C1C(=O)C=C(O)C(C(=O)OCC)C1c1ccccc1. The van der Waals surface area contributed by atoms with Crippen LogP contribution in [0.15, 0.2) is 42.2 Å². The van der Waals surface area contributed by atoms with E-state index in [1.807, 2.05) is 0 Å². The largest absolute Gasteiger partial charge is 0.511 e. The number of allylic oxidation sites excluding steroid dienone is 1. The van der Waals surface area contributed by atoms with E-state index < -0.39 is 41.2 Å². The van der Waals surface area contributed by atoms with Gasteiger partial charge in [0.15, 0.2) is 5.78 Å². The lowest BCUT2D eigenvalue weighted by molar-refractivity contribution is -0.156. The molecule has 1 aliphatic rings. The second-order valence-corrected chi connectivity index (χ2v) is 5.37. The maximum absolute atomic E-state index is 12.3. The monoisotopic (exact) mass is 332 g/mol. The summed E-state index contributed by atoms with van der Waals surface area (Å²) in [4.78, 5) is 37.0. The molecule has 0 amide bonds. The van der Waals surface area contributed by atoms with Gasteiger partial charge >= 0.3 is 11.9 Å². The Balaban J connectivity index is 2.54. The summed E-state index contributed by atoms with van der Waals surface area (Å²) in [6.07, 6.45) is 0.919. The number of rotatable bonds is 5. The van der Waals surface area contributed by atoms with Gasteiger partial charge < -0.3 is 14.6 Å². The van der Waals surface area contributed by atoms with Crippen molar-refractivity contribution in [3.8, 4) is 0 Å². The topological polar surface area (TPSA) is 89.9 Å². The smallest absolute Gasteiger partial charge is 0.317 e. The van der Waals surface area contributed by atoms with Crippen LogP contribution in [0, 0.1) is 11.8 Å². The van der Waals surface area contributed by atoms with Crippen LogP contribution in [0.4, 0.5) is 0 Å². The highest BCUT2D eigenvalue weighted by Crippen LogP contribution is 2.41. The number of carbonyl (C=O) groups is 3. The van der Waals surface area contributed by atoms with Crippen molar-refractivity contribution >= 4 is 17.7 Å². The number of esters is 2. The Morgan fingerprint density at radius 2 is 1.54 bits per heavy atom. The third kappa shape index (κ3) is 3.48. The summed E-state index contributed by atoms with van der Waals surface area (Å²) in [5, 5.41) is 10.2. The average molecular weight is 332 g/mol. The lowest BCUT2D eigenvalue weighted by Gasteiger charge is -2.33. The zero-order valence-electron chi connectivity index (χ0n) is 13.6. The van der Waals surface area contributed by atoms with Crippen LogP contribution >= 0.6 is 0 Å². The third-order valence-corrected chi connectivity index (χ3v) is 3.90. The van der Waals surface area contributed by atoms with Crippen LogP contribution < -0.4 is 0 Å². The minimum atomic E-state index is -1.20. The average Bonchev–Trinajstić information content (AvgIpc) is 2.55. The molecule has 1 aromatic rings. The maximum atomic E-state index is 12.3. The van der Waals surface area contributed by atoms with Crippen LogP contribution in [0.2, 0.25) is 0 Å². The highest BCUT2D eigenvalue weighted by molar-refractivity contribution is 6.08. The van der Waals surface area contributed by atoms with Crippen LogP contribution in [0.5, 0.6) is 0 Å². The highest BCUT2D eigenvalue weighted by Gasteiger charge is 2.49. The Hall–Kier alpha value is -2.63. The zero-order chi connectivity index (χ0) is 17.7. The van der Waals surface area contributed by atoms with Gasteiger partial charge in [0.2, 0.25) is 0 Å². The molecule has 1 N–H and O–H groups in total. The number of hydrogen-bond donors (Lipinski definition) is 1. The van der Waals surface area contributed by atoms with Crippen molar-refractivity contribution in [1.29, 1.82) is 0 Å². The first kappa shape index (κ1) is 17.7. The Morgan fingerprint density at radius 1 is 1.00 bits per heavy atom. The molecule has 0 radical (unpaired) electrons. The van der Waals surface area contributed by atoms with Crippen molar-refractivity contribution < 1.29 is 29.0 Å². The second-order valence-electron chi connectivity index (χ2n) is 5.37. The molecule has 0 heterocycles. The van der Waals surface area contributed by atoms with Crippen molar-refractivity contribution in [3.05, 3.63) is 47.7 Å².